The number of carbonyl (C=O) groups excluding carboxylic acids is 1. The highest BCUT2D eigenvalue weighted by molar-refractivity contribution is 5.85. The molecule has 1 fully saturated rings. The Morgan fingerprint density at radius 2 is 1.92 bits per heavy atom. The van der Waals surface area contributed by atoms with Crippen molar-refractivity contribution in [3.8, 4) is 0 Å². The van der Waals surface area contributed by atoms with Gasteiger partial charge in [0.05, 0.1) is 12.2 Å². The van der Waals surface area contributed by atoms with Crippen molar-refractivity contribution in [3.05, 3.63) is 12.2 Å². The molecule has 0 saturated heterocycles. The maximum atomic E-state index is 12.1. The predicted octanol–water partition coefficient (Wildman–Crippen LogP) is 3.48. The molecule has 5 nitrogen and oxygen atoms in total. The quantitative estimate of drug-likeness (QED) is 0.348. The summed E-state index contributed by atoms with van der Waals surface area (Å²) in [6.45, 7) is 2.13. The van der Waals surface area contributed by atoms with Crippen molar-refractivity contribution in [2.45, 2.75) is 89.8 Å². The van der Waals surface area contributed by atoms with Crippen LogP contribution in [0.25, 0.3) is 0 Å². The number of ketones is 1. The van der Waals surface area contributed by atoms with E-state index in [4.69, 9.17) is 5.11 Å². The summed E-state index contributed by atoms with van der Waals surface area (Å²) in [5.74, 6) is -0.971. The van der Waals surface area contributed by atoms with Crippen LogP contribution in [0.15, 0.2) is 12.2 Å². The van der Waals surface area contributed by atoms with Crippen LogP contribution in [0.1, 0.15) is 77.6 Å². The lowest BCUT2D eigenvalue weighted by molar-refractivity contribution is -0.137. The van der Waals surface area contributed by atoms with Crippen molar-refractivity contribution >= 4 is 11.8 Å². The van der Waals surface area contributed by atoms with E-state index in [0.717, 1.165) is 44.9 Å². The molecule has 0 spiro atoms. The summed E-state index contributed by atoms with van der Waals surface area (Å²) < 4.78 is 0. The summed E-state index contributed by atoms with van der Waals surface area (Å²) in [4.78, 5) is 22.5. The average Bonchev–Trinajstić information content (AvgIpc) is 2.82. The summed E-state index contributed by atoms with van der Waals surface area (Å²) in [7, 11) is 0. The minimum Gasteiger partial charge on any atom is -0.481 e. The van der Waals surface area contributed by atoms with Crippen molar-refractivity contribution < 1.29 is 24.9 Å². The number of carboxylic acids is 1. The largest absolute Gasteiger partial charge is 0.481 e. The zero-order valence-corrected chi connectivity index (χ0v) is 15.4. The third-order valence-corrected chi connectivity index (χ3v) is 5.06. The summed E-state index contributed by atoms with van der Waals surface area (Å²) in [6, 6.07) is 0. The van der Waals surface area contributed by atoms with Gasteiger partial charge in [0.1, 0.15) is 5.78 Å². The molecule has 1 rings (SSSR count). The van der Waals surface area contributed by atoms with Crippen molar-refractivity contribution in [3.63, 3.8) is 0 Å². The molecule has 144 valence electrons. The highest BCUT2D eigenvalue weighted by Gasteiger charge is 2.39. The fraction of sp³-hybridized carbons (Fsp3) is 0.800. The molecule has 0 amide bonds. The molecule has 0 unspecified atom stereocenters. The molecule has 1 saturated carbocycles. The molecule has 3 N–H and O–H groups in total. The lowest BCUT2D eigenvalue weighted by Gasteiger charge is -2.18. The Kier molecular flexibility index (Phi) is 10.7. The highest BCUT2D eigenvalue weighted by atomic mass is 16.4. The molecule has 0 radical (unpaired) electrons. The third kappa shape index (κ3) is 8.63. The zero-order valence-electron chi connectivity index (χ0n) is 15.4. The van der Waals surface area contributed by atoms with E-state index in [9.17, 15) is 19.8 Å². The standard InChI is InChI=1S/C20H34O5/c1-2-3-6-10-16-17(19(23)14-18(16)22)13-12-15(21)9-7-4-5-8-11-20(24)25/h12-13,15-18,21-22H,2-11,14H2,1H3,(H,24,25)/b13-12+/t15-,16+,17-,18-/m0/s1. The van der Waals surface area contributed by atoms with Gasteiger partial charge in [0.25, 0.3) is 0 Å². The first kappa shape index (κ1) is 21.8. The van der Waals surface area contributed by atoms with Crippen LogP contribution in [0.2, 0.25) is 0 Å². The fourth-order valence-electron chi connectivity index (χ4n) is 3.55. The maximum Gasteiger partial charge on any atom is 0.303 e. The lowest BCUT2D eigenvalue weighted by Crippen LogP contribution is -2.19. The minimum atomic E-state index is -0.764. The second kappa shape index (κ2) is 12.2. The first-order chi connectivity index (χ1) is 12.0. The van der Waals surface area contributed by atoms with Gasteiger partial charge in [0.2, 0.25) is 0 Å². The summed E-state index contributed by atoms with van der Waals surface area (Å²) in [5.41, 5.74) is 0. The molecule has 4 atom stereocenters. The number of Topliss-reactive ketones (excluding diaryl/α,β-unsaturated/α-hetero) is 1. The van der Waals surface area contributed by atoms with Crippen LogP contribution >= 0.6 is 0 Å². The highest BCUT2D eigenvalue weighted by Crippen LogP contribution is 2.34. The van der Waals surface area contributed by atoms with Gasteiger partial charge in [-0.1, -0.05) is 57.6 Å². The molecule has 25 heavy (non-hydrogen) atoms. The monoisotopic (exact) mass is 354 g/mol. The Labute approximate surface area is 151 Å². The van der Waals surface area contributed by atoms with E-state index in [1.165, 1.54) is 0 Å². The van der Waals surface area contributed by atoms with Gasteiger partial charge < -0.3 is 15.3 Å². The molecule has 0 aromatic heterocycles. The van der Waals surface area contributed by atoms with Gasteiger partial charge in [-0.05, 0) is 25.2 Å². The minimum absolute atomic E-state index is 0.0153. The first-order valence-corrected chi connectivity index (χ1v) is 9.74. The Morgan fingerprint density at radius 1 is 1.20 bits per heavy atom. The normalized spacial score (nSPS) is 24.9. The number of aliphatic carboxylic acids is 1. The van der Waals surface area contributed by atoms with Gasteiger partial charge in [-0.15, -0.1) is 0 Å². The number of hydrogen-bond acceptors (Lipinski definition) is 4. The van der Waals surface area contributed by atoms with E-state index in [-0.39, 0.29) is 30.5 Å². The summed E-state index contributed by atoms with van der Waals surface area (Å²) in [5, 5.41) is 28.7. The predicted molar refractivity (Wildman–Crippen MR) is 97.2 cm³/mol. The van der Waals surface area contributed by atoms with Crippen LogP contribution < -0.4 is 0 Å². The maximum absolute atomic E-state index is 12.1. The molecule has 0 bridgehead atoms. The van der Waals surface area contributed by atoms with Crippen LogP contribution in [-0.4, -0.2) is 39.3 Å². The lowest BCUT2D eigenvalue weighted by atomic mass is 9.88. The van der Waals surface area contributed by atoms with Crippen molar-refractivity contribution in [2.24, 2.45) is 11.8 Å². The molecular weight excluding hydrogens is 320 g/mol. The SMILES string of the molecule is CCCCC[C@@H]1[C@H](/C=C/[C@@H](O)CCCCCCC(=O)O)C(=O)C[C@@H]1O. The van der Waals surface area contributed by atoms with Crippen LogP contribution in [0, 0.1) is 11.8 Å². The van der Waals surface area contributed by atoms with Gasteiger partial charge in [-0.25, -0.2) is 0 Å². The average molecular weight is 354 g/mol. The van der Waals surface area contributed by atoms with Crippen LogP contribution in [0.3, 0.4) is 0 Å². The van der Waals surface area contributed by atoms with Crippen LogP contribution in [-0.2, 0) is 9.59 Å². The van der Waals surface area contributed by atoms with Gasteiger partial charge >= 0.3 is 5.97 Å². The van der Waals surface area contributed by atoms with Crippen molar-refractivity contribution in [1.29, 1.82) is 0 Å². The zero-order chi connectivity index (χ0) is 18.7. The first-order valence-electron chi connectivity index (χ1n) is 9.74. The number of unbranched alkanes of at least 4 members (excludes halogenated alkanes) is 5. The van der Waals surface area contributed by atoms with Crippen LogP contribution in [0.4, 0.5) is 0 Å². The molecular formula is C20H34O5. The molecule has 0 aliphatic heterocycles. The number of aliphatic hydroxyl groups is 2. The van der Waals surface area contributed by atoms with E-state index in [2.05, 4.69) is 6.92 Å². The summed E-state index contributed by atoms with van der Waals surface area (Å²) in [6.07, 6.45) is 10.8. The third-order valence-electron chi connectivity index (χ3n) is 5.06. The van der Waals surface area contributed by atoms with Crippen molar-refractivity contribution in [1.82, 2.24) is 0 Å². The molecule has 1 aliphatic carbocycles. The Morgan fingerprint density at radius 3 is 2.60 bits per heavy atom. The fourth-order valence-corrected chi connectivity index (χ4v) is 3.55. The topological polar surface area (TPSA) is 94.8 Å². The second-order valence-corrected chi connectivity index (χ2v) is 7.22. The van der Waals surface area contributed by atoms with Gasteiger partial charge in [0.15, 0.2) is 0 Å². The Balaban J connectivity index is 2.33. The molecule has 0 aromatic carbocycles. The smallest absolute Gasteiger partial charge is 0.303 e. The van der Waals surface area contributed by atoms with E-state index >= 15 is 0 Å². The van der Waals surface area contributed by atoms with Crippen molar-refractivity contribution in [2.75, 3.05) is 0 Å². The Bertz CT molecular complexity index is 432. The second-order valence-electron chi connectivity index (χ2n) is 7.22. The Hall–Kier alpha value is -1.20. The van der Waals surface area contributed by atoms with E-state index in [1.54, 1.807) is 12.2 Å². The molecule has 1 aliphatic rings. The number of carboxylic acid groups (broad SMARTS) is 1. The number of rotatable bonds is 13. The van der Waals surface area contributed by atoms with Crippen LogP contribution in [0.5, 0.6) is 0 Å². The van der Waals surface area contributed by atoms with Gasteiger partial charge in [-0.3, -0.25) is 9.59 Å². The number of carbonyl (C=O) groups is 2. The number of allylic oxidation sites excluding steroid dienone is 1. The number of hydrogen-bond donors (Lipinski definition) is 3. The van der Waals surface area contributed by atoms with Gasteiger partial charge in [-0.2, -0.15) is 0 Å². The van der Waals surface area contributed by atoms with Gasteiger partial charge in [0, 0.05) is 18.8 Å². The van der Waals surface area contributed by atoms with E-state index in [0.29, 0.717) is 12.8 Å². The summed E-state index contributed by atoms with van der Waals surface area (Å²) >= 11 is 0. The van der Waals surface area contributed by atoms with E-state index < -0.39 is 18.2 Å². The number of aliphatic hydroxyl groups excluding tert-OH is 2. The molecule has 0 heterocycles. The molecule has 0 aromatic rings. The van der Waals surface area contributed by atoms with E-state index in [1.807, 2.05) is 0 Å². The molecule has 5 heteroatoms.